The Bertz CT molecular complexity index is 4900. The lowest BCUT2D eigenvalue weighted by Gasteiger charge is -2.29. The first-order chi connectivity index (χ1) is 41.1. The maximum absolute atomic E-state index is 2.48. The van der Waals surface area contributed by atoms with Crippen molar-refractivity contribution in [3.8, 4) is 44.8 Å². The van der Waals surface area contributed by atoms with E-state index in [0.717, 1.165) is 12.8 Å². The summed E-state index contributed by atoms with van der Waals surface area (Å²) in [6.07, 6.45) is 11.2. The largest absolute Gasteiger partial charge is 0.309 e. The zero-order valence-corrected chi connectivity index (χ0v) is 45.7. The molecule has 0 saturated carbocycles. The summed E-state index contributed by atoms with van der Waals surface area (Å²) in [6, 6.07) is 104. The number of aryl methyl sites for hydroxylation is 1. The van der Waals surface area contributed by atoms with Gasteiger partial charge in [0.1, 0.15) is 0 Å². The van der Waals surface area contributed by atoms with E-state index in [-0.39, 0.29) is 5.41 Å². The number of rotatable bonds is 8. The van der Waals surface area contributed by atoms with Crippen molar-refractivity contribution in [2.24, 2.45) is 0 Å². The Morgan fingerprint density at radius 1 is 0.277 bits per heavy atom. The van der Waals surface area contributed by atoms with E-state index in [0.29, 0.717) is 0 Å². The second kappa shape index (κ2) is 18.8. The minimum atomic E-state index is -0.204. The fourth-order valence-electron chi connectivity index (χ4n) is 14.3. The van der Waals surface area contributed by atoms with E-state index in [1.54, 1.807) is 0 Å². The third-order valence-corrected chi connectivity index (χ3v) is 18.3. The number of aromatic nitrogens is 2. The summed E-state index contributed by atoms with van der Waals surface area (Å²) in [5, 5.41) is 10.0. The second-order valence-electron chi connectivity index (χ2n) is 22.8. The maximum atomic E-state index is 2.48. The lowest BCUT2D eigenvalue weighted by Crippen LogP contribution is -2.23. The van der Waals surface area contributed by atoms with E-state index in [2.05, 4.69) is 312 Å². The van der Waals surface area contributed by atoms with Crippen molar-refractivity contribution in [3.63, 3.8) is 0 Å². The Kier molecular flexibility index (Phi) is 10.7. The number of hydrogen-bond donors (Lipinski definition) is 0. The number of benzene rings is 13. The molecule has 2 heterocycles. The number of fused-ring (bicyclic) bond motifs is 15. The zero-order chi connectivity index (χ0) is 54.6. The Morgan fingerprint density at radius 3 is 1.20 bits per heavy atom. The molecule has 0 amide bonds. The monoisotopic (exact) mass is 1050 g/mol. The van der Waals surface area contributed by atoms with Crippen LogP contribution in [-0.4, -0.2) is 9.13 Å². The van der Waals surface area contributed by atoms with E-state index in [4.69, 9.17) is 0 Å². The fraction of sp³-hybridized carbons (Fsp3) is 0.0370. The van der Waals surface area contributed by atoms with Gasteiger partial charge in [-0.3, -0.25) is 0 Å². The van der Waals surface area contributed by atoms with Crippen LogP contribution < -0.4 is 0 Å². The average Bonchev–Trinajstić information content (AvgIpc) is 1.75. The van der Waals surface area contributed by atoms with Crippen LogP contribution in [0, 0.1) is 0 Å². The van der Waals surface area contributed by atoms with Gasteiger partial charge in [0.15, 0.2) is 0 Å². The van der Waals surface area contributed by atoms with Crippen molar-refractivity contribution in [2.75, 3.05) is 0 Å². The molecule has 0 aliphatic heterocycles. The van der Waals surface area contributed by atoms with Gasteiger partial charge in [-0.2, -0.15) is 0 Å². The molecule has 0 fully saturated rings. The predicted molar refractivity (Wildman–Crippen MR) is 352 cm³/mol. The van der Waals surface area contributed by atoms with Crippen LogP contribution in [0.4, 0.5) is 0 Å². The summed E-state index contributed by atoms with van der Waals surface area (Å²) in [7, 11) is 0. The third-order valence-electron chi connectivity index (χ3n) is 18.3. The number of nitrogens with zero attached hydrogens (tertiary/aromatic N) is 2. The molecule has 2 nitrogen and oxygen atoms in total. The van der Waals surface area contributed by atoms with E-state index < -0.39 is 0 Å². The standard InChI is InChI=1S/C81H54N2/c1-3-14-62-49-66(39-35-57(62)11-1)82-77-19-9-6-16-70(77)72-51-64(37-43-79(72)82)59-31-25-53(26-32-59)21-23-55-29-41-68-69-42-30-56(48-76(69)81(75(68)47-55)46-45-61-13-5-8-18-74(61)81)24-22-54-27-33-60(34-28-54)65-38-44-80-73(52-65)71-17-7-10-20-78(71)83(80)67-40-36-58-12-2-4-15-63(58)50-67/h1-44,47-52H,45-46H2. The summed E-state index contributed by atoms with van der Waals surface area (Å²) in [5.74, 6) is 0. The quantitative estimate of drug-likeness (QED) is 0.134. The molecular formula is C81H54N2. The van der Waals surface area contributed by atoms with Crippen molar-refractivity contribution < 1.29 is 0 Å². The highest BCUT2D eigenvalue weighted by atomic mass is 15.0. The molecule has 83 heavy (non-hydrogen) atoms. The summed E-state index contributed by atoms with van der Waals surface area (Å²) in [4.78, 5) is 0. The fourth-order valence-corrected chi connectivity index (χ4v) is 14.3. The number of para-hydroxylation sites is 2. The van der Waals surface area contributed by atoms with Gasteiger partial charge in [-0.05, 0) is 185 Å². The molecule has 0 bridgehead atoms. The van der Waals surface area contributed by atoms with Crippen molar-refractivity contribution in [1.29, 1.82) is 0 Å². The average molecular weight is 1060 g/mol. The predicted octanol–water partition coefficient (Wildman–Crippen LogP) is 21.1. The zero-order valence-electron chi connectivity index (χ0n) is 45.7. The Labute approximate surface area is 482 Å². The Morgan fingerprint density at radius 2 is 0.687 bits per heavy atom. The summed E-state index contributed by atoms with van der Waals surface area (Å²) >= 11 is 0. The van der Waals surface area contributed by atoms with Gasteiger partial charge in [-0.1, -0.05) is 231 Å². The minimum absolute atomic E-state index is 0.204. The van der Waals surface area contributed by atoms with Gasteiger partial charge in [0.2, 0.25) is 0 Å². The van der Waals surface area contributed by atoms with E-state index in [9.17, 15) is 0 Å². The lowest BCUT2D eigenvalue weighted by molar-refractivity contribution is 0.626. The van der Waals surface area contributed by atoms with Gasteiger partial charge >= 0.3 is 0 Å². The van der Waals surface area contributed by atoms with Gasteiger partial charge in [0.25, 0.3) is 0 Å². The van der Waals surface area contributed by atoms with Crippen LogP contribution in [0.15, 0.2) is 279 Å². The first kappa shape index (κ1) is 47.3. The molecule has 0 radical (unpaired) electrons. The van der Waals surface area contributed by atoms with Gasteiger partial charge in [0.05, 0.1) is 22.1 Å². The smallest absolute Gasteiger partial charge is 0.0541 e. The van der Waals surface area contributed by atoms with Crippen molar-refractivity contribution in [3.05, 3.63) is 324 Å². The molecule has 2 aliphatic rings. The molecule has 0 N–H and O–H groups in total. The summed E-state index contributed by atoms with van der Waals surface area (Å²) in [6.45, 7) is 0. The molecule has 13 aromatic carbocycles. The van der Waals surface area contributed by atoms with E-state index in [1.165, 1.54) is 154 Å². The van der Waals surface area contributed by atoms with Crippen LogP contribution in [0.5, 0.6) is 0 Å². The van der Waals surface area contributed by atoms with Crippen LogP contribution >= 0.6 is 0 Å². The topological polar surface area (TPSA) is 9.86 Å². The normalized spacial score (nSPS) is 14.6. The highest BCUT2D eigenvalue weighted by molar-refractivity contribution is 6.12. The summed E-state index contributed by atoms with van der Waals surface area (Å²) < 4.78 is 4.82. The van der Waals surface area contributed by atoms with Crippen molar-refractivity contribution in [2.45, 2.75) is 18.3 Å². The molecule has 0 unspecified atom stereocenters. The molecule has 1 spiro atoms. The molecule has 388 valence electrons. The molecule has 2 aromatic heterocycles. The Hall–Kier alpha value is -10.5. The van der Waals surface area contributed by atoms with Crippen molar-refractivity contribution in [1.82, 2.24) is 9.13 Å². The molecule has 15 aromatic rings. The highest BCUT2D eigenvalue weighted by Gasteiger charge is 2.48. The molecule has 0 atom stereocenters. The molecular weight excluding hydrogens is 1000 g/mol. The van der Waals surface area contributed by atoms with Crippen LogP contribution in [0.2, 0.25) is 0 Å². The van der Waals surface area contributed by atoms with Crippen LogP contribution in [0.1, 0.15) is 50.9 Å². The SMILES string of the molecule is C(=Cc1ccc2c(c1)C1(CCc3ccccc31)c1cc(C=Cc3ccc(-c4ccc5c(c4)c4ccccc4n5-c4ccc5ccccc5c4)cc3)ccc1-2)c1ccc(-c2ccc3c(c2)c2ccccc2n3-c2ccc3ccccc3c2)cc1. The van der Waals surface area contributed by atoms with E-state index >= 15 is 0 Å². The molecule has 0 saturated heterocycles. The van der Waals surface area contributed by atoms with E-state index in [1.807, 2.05) is 0 Å². The van der Waals surface area contributed by atoms with Crippen molar-refractivity contribution >= 4 is 89.5 Å². The lowest BCUT2D eigenvalue weighted by atomic mass is 9.73. The first-order valence-electron chi connectivity index (χ1n) is 29.1. The van der Waals surface area contributed by atoms with Gasteiger partial charge in [0, 0.05) is 38.3 Å². The maximum Gasteiger partial charge on any atom is 0.0541 e. The first-order valence-corrected chi connectivity index (χ1v) is 29.1. The van der Waals surface area contributed by atoms with Crippen LogP contribution in [-0.2, 0) is 11.8 Å². The second-order valence-corrected chi connectivity index (χ2v) is 22.8. The molecule has 2 aliphatic carbocycles. The van der Waals surface area contributed by atoms with Gasteiger partial charge in [-0.25, -0.2) is 0 Å². The molecule has 17 rings (SSSR count). The van der Waals surface area contributed by atoms with Gasteiger partial charge in [-0.15, -0.1) is 0 Å². The van der Waals surface area contributed by atoms with Crippen LogP contribution in [0.25, 0.3) is 134 Å². The highest BCUT2D eigenvalue weighted by Crippen LogP contribution is 2.59. The molecule has 2 heteroatoms. The third kappa shape index (κ3) is 7.64. The van der Waals surface area contributed by atoms with Crippen LogP contribution in [0.3, 0.4) is 0 Å². The Balaban J connectivity index is 0.641. The number of hydrogen-bond acceptors (Lipinski definition) is 0. The summed E-state index contributed by atoms with van der Waals surface area (Å²) in [5.41, 5.74) is 25.1. The van der Waals surface area contributed by atoms with Gasteiger partial charge < -0.3 is 9.13 Å². The minimum Gasteiger partial charge on any atom is -0.309 e.